The van der Waals surface area contributed by atoms with Gasteiger partial charge in [0.1, 0.15) is 24.1 Å². The van der Waals surface area contributed by atoms with Crippen LogP contribution in [0.15, 0.2) is 48.5 Å². The number of hydrogen-bond acceptors (Lipinski definition) is 6. The highest BCUT2D eigenvalue weighted by molar-refractivity contribution is 6.30. The standard InChI is InChI=1S/C21H15ClN2O5/c1-28-14-7-6-12-8-13(19(22)23-17(12)9-14)11-29-18(25)10-24-20(26)15-4-2-3-5-16(15)21(24)27/h2-9H,10-11H2,1H3. The van der Waals surface area contributed by atoms with E-state index in [0.717, 1.165) is 10.3 Å². The highest BCUT2D eigenvalue weighted by Gasteiger charge is 2.36. The number of imide groups is 1. The smallest absolute Gasteiger partial charge is 0.326 e. The number of rotatable bonds is 5. The molecule has 2 heterocycles. The Labute approximate surface area is 170 Å². The van der Waals surface area contributed by atoms with Crippen molar-refractivity contribution >= 4 is 40.3 Å². The average Bonchev–Trinajstić information content (AvgIpc) is 2.97. The van der Waals surface area contributed by atoms with Crippen molar-refractivity contribution in [2.24, 2.45) is 0 Å². The third-order valence-electron chi connectivity index (χ3n) is 4.60. The Bertz CT molecular complexity index is 1130. The van der Waals surface area contributed by atoms with E-state index in [4.69, 9.17) is 21.1 Å². The number of pyridine rings is 1. The van der Waals surface area contributed by atoms with E-state index >= 15 is 0 Å². The minimum absolute atomic E-state index is 0.129. The first kappa shape index (κ1) is 18.9. The van der Waals surface area contributed by atoms with Crippen molar-refractivity contribution < 1.29 is 23.9 Å². The van der Waals surface area contributed by atoms with Gasteiger partial charge in [-0.1, -0.05) is 23.7 Å². The van der Waals surface area contributed by atoms with Gasteiger partial charge in [0.2, 0.25) is 0 Å². The molecule has 0 spiro atoms. The van der Waals surface area contributed by atoms with E-state index in [1.54, 1.807) is 49.6 Å². The van der Waals surface area contributed by atoms with Gasteiger partial charge in [-0.2, -0.15) is 0 Å². The van der Waals surface area contributed by atoms with E-state index < -0.39 is 24.3 Å². The number of benzene rings is 2. The Hall–Kier alpha value is -3.45. The number of nitrogens with zero attached hydrogens (tertiary/aromatic N) is 2. The monoisotopic (exact) mass is 410 g/mol. The second-order valence-corrected chi connectivity index (χ2v) is 6.76. The van der Waals surface area contributed by atoms with Gasteiger partial charge in [-0.05, 0) is 30.3 Å². The Kier molecular flexibility index (Phi) is 4.90. The summed E-state index contributed by atoms with van der Waals surface area (Å²) < 4.78 is 10.4. The van der Waals surface area contributed by atoms with Crippen LogP contribution < -0.4 is 4.74 Å². The predicted octanol–water partition coefficient (Wildman–Crippen LogP) is 3.24. The van der Waals surface area contributed by atoms with Gasteiger partial charge >= 0.3 is 5.97 Å². The summed E-state index contributed by atoms with van der Waals surface area (Å²) in [6.45, 7) is -0.599. The Morgan fingerprint density at radius 2 is 1.76 bits per heavy atom. The molecule has 4 rings (SSSR count). The normalized spacial score (nSPS) is 13.0. The summed E-state index contributed by atoms with van der Waals surface area (Å²) in [6, 6.07) is 13.6. The number of aromatic nitrogens is 1. The first-order valence-electron chi connectivity index (χ1n) is 8.72. The maximum Gasteiger partial charge on any atom is 0.326 e. The largest absolute Gasteiger partial charge is 0.497 e. The molecule has 146 valence electrons. The van der Waals surface area contributed by atoms with Crippen LogP contribution in [0, 0.1) is 0 Å². The van der Waals surface area contributed by atoms with E-state index in [1.807, 2.05) is 6.07 Å². The van der Waals surface area contributed by atoms with Crippen molar-refractivity contribution in [1.82, 2.24) is 9.88 Å². The Balaban J connectivity index is 1.44. The fourth-order valence-corrected chi connectivity index (χ4v) is 3.31. The summed E-state index contributed by atoms with van der Waals surface area (Å²) in [5.41, 5.74) is 1.72. The van der Waals surface area contributed by atoms with E-state index in [1.165, 1.54) is 0 Å². The lowest BCUT2D eigenvalue weighted by Gasteiger charge is -2.13. The van der Waals surface area contributed by atoms with E-state index in [2.05, 4.69) is 4.98 Å². The fraction of sp³-hybridized carbons (Fsp3) is 0.143. The van der Waals surface area contributed by atoms with Gasteiger partial charge < -0.3 is 9.47 Å². The predicted molar refractivity (Wildman–Crippen MR) is 105 cm³/mol. The van der Waals surface area contributed by atoms with Gasteiger partial charge in [-0.3, -0.25) is 19.3 Å². The van der Waals surface area contributed by atoms with Crippen molar-refractivity contribution in [1.29, 1.82) is 0 Å². The summed E-state index contributed by atoms with van der Waals surface area (Å²) in [7, 11) is 1.56. The zero-order valence-corrected chi connectivity index (χ0v) is 16.1. The molecule has 2 aromatic carbocycles. The molecule has 0 saturated carbocycles. The van der Waals surface area contributed by atoms with Crippen molar-refractivity contribution in [2.75, 3.05) is 13.7 Å². The lowest BCUT2D eigenvalue weighted by Crippen LogP contribution is -2.35. The second kappa shape index (κ2) is 7.52. The number of halogens is 1. The minimum Gasteiger partial charge on any atom is -0.497 e. The third-order valence-corrected chi connectivity index (χ3v) is 4.93. The average molecular weight is 411 g/mol. The quantitative estimate of drug-likeness (QED) is 0.364. The first-order valence-corrected chi connectivity index (χ1v) is 9.09. The second-order valence-electron chi connectivity index (χ2n) is 6.40. The van der Waals surface area contributed by atoms with Gasteiger partial charge in [-0.25, -0.2) is 4.98 Å². The number of carbonyl (C=O) groups excluding carboxylic acids is 3. The van der Waals surface area contributed by atoms with Crippen molar-refractivity contribution in [3.63, 3.8) is 0 Å². The van der Waals surface area contributed by atoms with Gasteiger partial charge in [0.25, 0.3) is 11.8 Å². The minimum atomic E-state index is -0.717. The van der Waals surface area contributed by atoms with Crippen LogP contribution in [0.2, 0.25) is 5.15 Å². The van der Waals surface area contributed by atoms with Gasteiger partial charge in [0, 0.05) is 17.0 Å². The molecule has 3 aromatic rings. The number of carbonyl (C=O) groups is 3. The van der Waals surface area contributed by atoms with Crippen LogP contribution in [-0.2, 0) is 16.1 Å². The molecule has 0 saturated heterocycles. The number of amides is 2. The molecular weight excluding hydrogens is 396 g/mol. The molecule has 29 heavy (non-hydrogen) atoms. The van der Waals surface area contributed by atoms with Gasteiger partial charge in [0.15, 0.2) is 0 Å². The maximum absolute atomic E-state index is 12.3. The topological polar surface area (TPSA) is 85.8 Å². The Morgan fingerprint density at radius 3 is 2.41 bits per heavy atom. The molecule has 7 nitrogen and oxygen atoms in total. The molecule has 0 fully saturated rings. The molecule has 1 aliphatic rings. The maximum atomic E-state index is 12.3. The van der Waals surface area contributed by atoms with E-state index in [-0.39, 0.29) is 22.9 Å². The number of fused-ring (bicyclic) bond motifs is 2. The molecule has 8 heteroatoms. The van der Waals surface area contributed by atoms with Crippen molar-refractivity contribution in [3.8, 4) is 5.75 Å². The SMILES string of the molecule is COc1ccc2cc(COC(=O)CN3C(=O)c4ccccc4C3=O)c(Cl)nc2c1. The first-order chi connectivity index (χ1) is 14.0. The number of esters is 1. The van der Waals surface area contributed by atoms with Crippen LogP contribution in [0.4, 0.5) is 0 Å². The molecule has 0 atom stereocenters. The number of methoxy groups -OCH3 is 1. The molecule has 0 aliphatic carbocycles. The highest BCUT2D eigenvalue weighted by Crippen LogP contribution is 2.25. The molecule has 1 aromatic heterocycles. The summed E-state index contributed by atoms with van der Waals surface area (Å²) in [4.78, 5) is 42.0. The van der Waals surface area contributed by atoms with Crippen molar-refractivity contribution in [3.05, 3.63) is 70.4 Å². The highest BCUT2D eigenvalue weighted by atomic mass is 35.5. The van der Waals surface area contributed by atoms with Crippen LogP contribution in [0.1, 0.15) is 26.3 Å². The fourth-order valence-electron chi connectivity index (χ4n) is 3.11. The molecular formula is C21H15ClN2O5. The lowest BCUT2D eigenvalue weighted by atomic mass is 10.1. The van der Waals surface area contributed by atoms with Crippen molar-refractivity contribution in [2.45, 2.75) is 6.61 Å². The van der Waals surface area contributed by atoms with Crippen LogP contribution in [0.25, 0.3) is 10.9 Å². The van der Waals surface area contributed by atoms with Crippen LogP contribution in [0.5, 0.6) is 5.75 Å². The molecule has 2 amide bonds. The molecule has 0 radical (unpaired) electrons. The molecule has 0 unspecified atom stereocenters. The third kappa shape index (κ3) is 3.52. The van der Waals surface area contributed by atoms with Crippen LogP contribution in [0.3, 0.4) is 0 Å². The van der Waals surface area contributed by atoms with Gasteiger partial charge in [0.05, 0.1) is 23.8 Å². The zero-order chi connectivity index (χ0) is 20.5. The van der Waals surface area contributed by atoms with E-state index in [9.17, 15) is 14.4 Å². The summed E-state index contributed by atoms with van der Waals surface area (Å²) in [5.74, 6) is -1.09. The number of hydrogen-bond donors (Lipinski definition) is 0. The Morgan fingerprint density at radius 1 is 1.07 bits per heavy atom. The molecule has 0 bridgehead atoms. The van der Waals surface area contributed by atoms with Crippen LogP contribution in [-0.4, -0.2) is 41.3 Å². The van der Waals surface area contributed by atoms with Crippen LogP contribution >= 0.6 is 11.6 Å². The summed E-state index contributed by atoms with van der Waals surface area (Å²) in [5, 5.41) is 1.00. The van der Waals surface area contributed by atoms with Gasteiger partial charge in [-0.15, -0.1) is 0 Å². The summed E-state index contributed by atoms with van der Waals surface area (Å²) >= 11 is 6.20. The molecule has 0 N–H and O–H groups in total. The number of ether oxygens (including phenoxy) is 2. The summed E-state index contributed by atoms with van der Waals surface area (Å²) in [6.07, 6.45) is 0. The lowest BCUT2D eigenvalue weighted by molar-refractivity contribution is -0.145. The zero-order valence-electron chi connectivity index (χ0n) is 15.3. The molecule has 1 aliphatic heterocycles. The van der Waals surface area contributed by atoms with E-state index in [0.29, 0.717) is 16.8 Å².